The lowest BCUT2D eigenvalue weighted by Gasteiger charge is -2.40. The first-order valence-corrected chi connectivity index (χ1v) is 12.5. The smallest absolute Gasteiger partial charge is 0.256 e. The third-order valence-electron chi connectivity index (χ3n) is 6.70. The fourth-order valence-corrected chi connectivity index (χ4v) is 4.88. The Balaban J connectivity index is 1.59. The minimum atomic E-state index is -1.21. The minimum Gasteiger partial charge on any atom is -0.489 e. The summed E-state index contributed by atoms with van der Waals surface area (Å²) in [6, 6.07) is 15.5. The van der Waals surface area contributed by atoms with Gasteiger partial charge in [0.15, 0.2) is 0 Å². The number of nitrogens with zero attached hydrogens (tertiary/aromatic N) is 3. The van der Waals surface area contributed by atoms with E-state index in [1.807, 2.05) is 30.3 Å². The summed E-state index contributed by atoms with van der Waals surface area (Å²) in [6.07, 6.45) is 0.867. The van der Waals surface area contributed by atoms with Crippen LogP contribution < -0.4 is 15.8 Å². The minimum absolute atomic E-state index is 0.146. The second kappa shape index (κ2) is 10.5. The number of hydrazone groups is 1. The SMILES string of the molecule is CN1N=C2CCN(C(=O)C(COc3ccccc3Cl)NC(=O)C(C)(C)N)C[C@@]2(Cc2ccccc2)C1=O. The van der Waals surface area contributed by atoms with Crippen LogP contribution in [-0.2, 0) is 20.8 Å². The van der Waals surface area contributed by atoms with Crippen molar-refractivity contribution in [3.8, 4) is 5.75 Å². The Morgan fingerprint density at radius 2 is 1.86 bits per heavy atom. The highest BCUT2D eigenvalue weighted by molar-refractivity contribution is 6.32. The van der Waals surface area contributed by atoms with Crippen molar-refractivity contribution in [2.24, 2.45) is 16.3 Å². The standard InChI is InChI=1S/C27H32ClN5O4/c1-26(2,29)24(35)30-20(16-37-21-12-8-7-11-19(21)28)23(34)33-14-13-22-27(17-33,25(36)32(3)31-22)15-18-9-5-4-6-10-18/h4-12,20H,13-17,29H2,1-3H3,(H,30,35)/t20?,27-/m1/s1. The van der Waals surface area contributed by atoms with Gasteiger partial charge in [-0.3, -0.25) is 14.4 Å². The lowest BCUT2D eigenvalue weighted by atomic mass is 9.73. The summed E-state index contributed by atoms with van der Waals surface area (Å²) in [5.74, 6) is -0.619. The topological polar surface area (TPSA) is 117 Å². The monoisotopic (exact) mass is 525 g/mol. The van der Waals surface area contributed by atoms with Gasteiger partial charge in [0, 0.05) is 26.6 Å². The van der Waals surface area contributed by atoms with Crippen LogP contribution in [0.2, 0.25) is 5.02 Å². The molecule has 0 saturated carbocycles. The maximum atomic E-state index is 13.8. The van der Waals surface area contributed by atoms with E-state index in [0.717, 1.165) is 11.3 Å². The van der Waals surface area contributed by atoms with Crippen LogP contribution in [0.15, 0.2) is 59.7 Å². The molecule has 0 spiro atoms. The van der Waals surface area contributed by atoms with E-state index < -0.39 is 22.9 Å². The van der Waals surface area contributed by atoms with Crippen LogP contribution in [0.3, 0.4) is 0 Å². The van der Waals surface area contributed by atoms with Crippen LogP contribution in [0.25, 0.3) is 0 Å². The molecule has 0 aliphatic carbocycles. The molecule has 2 atom stereocenters. The van der Waals surface area contributed by atoms with Gasteiger partial charge >= 0.3 is 0 Å². The molecule has 0 aromatic heterocycles. The zero-order valence-electron chi connectivity index (χ0n) is 21.2. The van der Waals surface area contributed by atoms with Crippen molar-refractivity contribution in [3.05, 3.63) is 65.2 Å². The van der Waals surface area contributed by atoms with Crippen LogP contribution in [0.5, 0.6) is 5.75 Å². The highest BCUT2D eigenvalue weighted by Gasteiger charge is 2.54. The van der Waals surface area contributed by atoms with Gasteiger partial charge < -0.3 is 20.7 Å². The van der Waals surface area contributed by atoms with E-state index in [4.69, 9.17) is 22.1 Å². The number of carbonyl (C=O) groups is 3. The fourth-order valence-electron chi connectivity index (χ4n) is 4.69. The predicted octanol–water partition coefficient (Wildman–Crippen LogP) is 2.23. The number of benzene rings is 2. The molecule has 4 rings (SSSR count). The van der Waals surface area contributed by atoms with Gasteiger partial charge in [0.2, 0.25) is 11.8 Å². The molecule has 196 valence electrons. The average molecular weight is 526 g/mol. The Hall–Kier alpha value is -3.43. The lowest BCUT2D eigenvalue weighted by molar-refractivity contribution is -0.143. The normalized spacial score (nSPS) is 20.2. The molecule has 3 amide bonds. The Morgan fingerprint density at radius 3 is 2.54 bits per heavy atom. The molecule has 1 saturated heterocycles. The molecule has 3 N–H and O–H groups in total. The molecule has 2 heterocycles. The average Bonchev–Trinajstić information content (AvgIpc) is 3.11. The molecule has 0 radical (unpaired) electrons. The molecule has 9 nitrogen and oxygen atoms in total. The number of ether oxygens (including phenoxy) is 1. The number of amides is 3. The Kier molecular flexibility index (Phi) is 7.57. The number of halogens is 1. The van der Waals surface area contributed by atoms with Gasteiger partial charge in [0.05, 0.1) is 16.3 Å². The number of nitrogens with two attached hydrogens (primary N) is 1. The zero-order chi connectivity index (χ0) is 26.8. The van der Waals surface area contributed by atoms with E-state index in [9.17, 15) is 14.4 Å². The van der Waals surface area contributed by atoms with Crippen LogP contribution in [0, 0.1) is 5.41 Å². The second-order valence-electron chi connectivity index (χ2n) is 10.1. The van der Waals surface area contributed by atoms with Crippen LogP contribution in [0.4, 0.5) is 0 Å². The van der Waals surface area contributed by atoms with Gasteiger partial charge in [0.1, 0.15) is 23.8 Å². The van der Waals surface area contributed by atoms with Crippen LogP contribution in [-0.4, -0.2) is 71.7 Å². The Morgan fingerprint density at radius 1 is 1.19 bits per heavy atom. The largest absolute Gasteiger partial charge is 0.489 e. The Labute approximate surface area is 221 Å². The van der Waals surface area contributed by atoms with E-state index in [2.05, 4.69) is 10.4 Å². The van der Waals surface area contributed by atoms with E-state index in [1.165, 1.54) is 5.01 Å². The van der Waals surface area contributed by atoms with Crippen molar-refractivity contribution in [1.82, 2.24) is 15.2 Å². The first-order valence-electron chi connectivity index (χ1n) is 12.2. The molecular weight excluding hydrogens is 494 g/mol. The van der Waals surface area contributed by atoms with Gasteiger partial charge in [-0.05, 0) is 38.0 Å². The fraction of sp³-hybridized carbons (Fsp3) is 0.407. The highest BCUT2D eigenvalue weighted by Crippen LogP contribution is 2.38. The van der Waals surface area contributed by atoms with E-state index in [-0.39, 0.29) is 25.0 Å². The number of hydrogen-bond acceptors (Lipinski definition) is 6. The molecule has 2 aromatic carbocycles. The zero-order valence-corrected chi connectivity index (χ0v) is 22.0. The first-order chi connectivity index (χ1) is 17.5. The van der Waals surface area contributed by atoms with Crippen molar-refractivity contribution >= 4 is 35.0 Å². The van der Waals surface area contributed by atoms with E-state index in [0.29, 0.717) is 30.2 Å². The summed E-state index contributed by atoms with van der Waals surface area (Å²) in [4.78, 5) is 41.6. The van der Waals surface area contributed by atoms with Crippen LogP contribution >= 0.6 is 11.6 Å². The van der Waals surface area contributed by atoms with Crippen molar-refractivity contribution in [3.63, 3.8) is 0 Å². The van der Waals surface area contributed by atoms with Crippen molar-refractivity contribution in [2.45, 2.75) is 38.3 Å². The third kappa shape index (κ3) is 5.62. The molecule has 2 aliphatic rings. The number of para-hydroxylation sites is 1. The third-order valence-corrected chi connectivity index (χ3v) is 7.01. The van der Waals surface area contributed by atoms with Gasteiger partial charge in [0.25, 0.3) is 5.91 Å². The lowest BCUT2D eigenvalue weighted by Crippen LogP contribution is -2.62. The summed E-state index contributed by atoms with van der Waals surface area (Å²) in [5, 5.41) is 8.99. The van der Waals surface area contributed by atoms with E-state index >= 15 is 0 Å². The van der Waals surface area contributed by atoms with Crippen molar-refractivity contribution in [1.29, 1.82) is 0 Å². The number of nitrogens with one attached hydrogen (secondary N) is 1. The second-order valence-corrected chi connectivity index (χ2v) is 10.5. The summed E-state index contributed by atoms with van der Waals surface area (Å²) in [7, 11) is 1.64. The number of hydrogen-bond donors (Lipinski definition) is 2. The van der Waals surface area contributed by atoms with Gasteiger partial charge in [-0.2, -0.15) is 5.10 Å². The number of rotatable bonds is 8. The Bertz CT molecular complexity index is 1210. The highest BCUT2D eigenvalue weighted by atomic mass is 35.5. The maximum Gasteiger partial charge on any atom is 0.256 e. The molecule has 0 bridgehead atoms. The molecular formula is C27H32ClN5O4. The molecule has 1 fully saturated rings. The van der Waals surface area contributed by atoms with Gasteiger partial charge in [-0.25, -0.2) is 5.01 Å². The van der Waals surface area contributed by atoms with Crippen LogP contribution in [0.1, 0.15) is 25.8 Å². The molecule has 10 heteroatoms. The maximum absolute atomic E-state index is 13.8. The van der Waals surface area contributed by atoms with Crippen molar-refractivity contribution < 1.29 is 19.1 Å². The molecule has 37 heavy (non-hydrogen) atoms. The summed E-state index contributed by atoms with van der Waals surface area (Å²) in [5.41, 5.74) is 5.56. The quantitative estimate of drug-likeness (QED) is 0.548. The van der Waals surface area contributed by atoms with Gasteiger partial charge in [-0.1, -0.05) is 54.1 Å². The summed E-state index contributed by atoms with van der Waals surface area (Å²) >= 11 is 6.22. The summed E-state index contributed by atoms with van der Waals surface area (Å²) < 4.78 is 5.84. The number of likely N-dealkylation sites (tertiary alicyclic amines) is 1. The number of piperidine rings is 1. The molecule has 2 aromatic rings. The predicted molar refractivity (Wildman–Crippen MR) is 141 cm³/mol. The number of carbonyl (C=O) groups excluding carboxylic acids is 3. The van der Waals surface area contributed by atoms with Crippen molar-refractivity contribution in [2.75, 3.05) is 26.7 Å². The number of fused-ring (bicyclic) bond motifs is 1. The van der Waals surface area contributed by atoms with Gasteiger partial charge in [-0.15, -0.1) is 0 Å². The molecule has 2 aliphatic heterocycles. The summed E-state index contributed by atoms with van der Waals surface area (Å²) in [6.45, 7) is 3.48. The molecule has 1 unspecified atom stereocenters. The van der Waals surface area contributed by atoms with E-state index in [1.54, 1.807) is 50.1 Å². The first kappa shape index (κ1) is 26.6.